The first-order valence-corrected chi connectivity index (χ1v) is 6.81. The number of Topliss-reactive ketones (excluding diaryl/α,β-unsaturated/α-hetero) is 1. The van der Waals surface area contributed by atoms with Gasteiger partial charge >= 0.3 is 0 Å². The standard InChI is InChI=1S/C15H24O2/c16-14-12-10-8-6-4-2-1-3-5-7-9-11-13-15(14)17/h6-9,14,16H,1-5,10-13H2/b8-6+,9-7+. The van der Waals surface area contributed by atoms with Crippen molar-refractivity contribution in [1.29, 1.82) is 0 Å². The lowest BCUT2D eigenvalue weighted by Gasteiger charge is -2.06. The van der Waals surface area contributed by atoms with E-state index in [1.165, 1.54) is 19.3 Å². The van der Waals surface area contributed by atoms with E-state index in [-0.39, 0.29) is 5.78 Å². The van der Waals surface area contributed by atoms with Gasteiger partial charge in [-0.1, -0.05) is 30.7 Å². The van der Waals surface area contributed by atoms with Crippen molar-refractivity contribution in [1.82, 2.24) is 0 Å². The van der Waals surface area contributed by atoms with E-state index in [1.807, 2.05) is 0 Å². The number of aliphatic hydroxyl groups excluding tert-OH is 1. The van der Waals surface area contributed by atoms with Crippen LogP contribution >= 0.6 is 0 Å². The second-order valence-electron chi connectivity index (χ2n) is 4.68. The molecule has 2 nitrogen and oxygen atoms in total. The van der Waals surface area contributed by atoms with Crippen molar-refractivity contribution in [3.8, 4) is 0 Å². The molecule has 0 fully saturated rings. The highest BCUT2D eigenvalue weighted by molar-refractivity contribution is 5.82. The van der Waals surface area contributed by atoms with Crippen molar-refractivity contribution in [3.05, 3.63) is 24.3 Å². The van der Waals surface area contributed by atoms with Crippen molar-refractivity contribution in [3.63, 3.8) is 0 Å². The predicted octanol–water partition coefficient (Wildman–Crippen LogP) is 3.55. The normalized spacial score (nSPS) is 29.0. The molecule has 0 heterocycles. The molecular weight excluding hydrogens is 212 g/mol. The first kappa shape index (κ1) is 14.2. The van der Waals surface area contributed by atoms with Crippen LogP contribution < -0.4 is 0 Å². The highest BCUT2D eigenvalue weighted by Crippen LogP contribution is 2.09. The van der Waals surface area contributed by atoms with Gasteiger partial charge in [0.05, 0.1) is 0 Å². The van der Waals surface area contributed by atoms with Gasteiger partial charge in [0.2, 0.25) is 0 Å². The van der Waals surface area contributed by atoms with E-state index in [0.29, 0.717) is 12.8 Å². The quantitative estimate of drug-likeness (QED) is 0.653. The third-order valence-corrected chi connectivity index (χ3v) is 3.11. The molecule has 96 valence electrons. The summed E-state index contributed by atoms with van der Waals surface area (Å²) in [6.07, 6.45) is 16.3. The van der Waals surface area contributed by atoms with E-state index in [9.17, 15) is 9.90 Å². The van der Waals surface area contributed by atoms with Gasteiger partial charge in [-0.15, -0.1) is 0 Å². The maximum Gasteiger partial charge on any atom is 0.161 e. The Morgan fingerprint density at radius 1 is 0.882 bits per heavy atom. The van der Waals surface area contributed by atoms with Gasteiger partial charge in [-0.05, 0) is 44.9 Å². The summed E-state index contributed by atoms with van der Waals surface area (Å²) in [6, 6.07) is 0. The Morgan fingerprint density at radius 3 is 2.18 bits per heavy atom. The van der Waals surface area contributed by atoms with Gasteiger partial charge in [0, 0.05) is 6.42 Å². The Bertz CT molecular complexity index is 266. The molecule has 0 aromatic rings. The molecule has 1 rings (SSSR count). The minimum atomic E-state index is -0.766. The molecule has 0 radical (unpaired) electrons. The molecule has 1 atom stereocenters. The smallest absolute Gasteiger partial charge is 0.161 e. The van der Waals surface area contributed by atoms with Crippen LogP contribution in [0.2, 0.25) is 0 Å². The molecule has 1 aliphatic rings. The molecule has 1 unspecified atom stereocenters. The lowest BCUT2D eigenvalue weighted by Crippen LogP contribution is -2.19. The molecule has 0 aliphatic heterocycles. The Hall–Kier alpha value is -0.890. The van der Waals surface area contributed by atoms with Gasteiger partial charge in [-0.25, -0.2) is 0 Å². The van der Waals surface area contributed by atoms with Crippen molar-refractivity contribution in [2.75, 3.05) is 0 Å². The zero-order chi connectivity index (χ0) is 12.3. The first-order chi connectivity index (χ1) is 8.30. The molecule has 2 heteroatoms. The topological polar surface area (TPSA) is 37.3 Å². The lowest BCUT2D eigenvalue weighted by atomic mass is 10.1. The summed E-state index contributed by atoms with van der Waals surface area (Å²) < 4.78 is 0. The molecule has 0 saturated heterocycles. The first-order valence-electron chi connectivity index (χ1n) is 6.81. The van der Waals surface area contributed by atoms with Crippen molar-refractivity contribution < 1.29 is 9.90 Å². The van der Waals surface area contributed by atoms with Crippen LogP contribution in [0.5, 0.6) is 0 Å². The fourth-order valence-corrected chi connectivity index (χ4v) is 1.98. The van der Waals surface area contributed by atoms with Crippen LogP contribution in [-0.4, -0.2) is 17.0 Å². The molecule has 0 aromatic heterocycles. The van der Waals surface area contributed by atoms with Crippen LogP contribution in [0.3, 0.4) is 0 Å². The lowest BCUT2D eigenvalue weighted by molar-refractivity contribution is -0.127. The van der Waals surface area contributed by atoms with E-state index in [0.717, 1.165) is 25.7 Å². The molecule has 1 N–H and O–H groups in total. The van der Waals surface area contributed by atoms with Crippen molar-refractivity contribution in [2.45, 2.75) is 63.9 Å². The molecular formula is C15H24O2. The summed E-state index contributed by atoms with van der Waals surface area (Å²) in [5.41, 5.74) is 0. The molecule has 0 aromatic carbocycles. The van der Waals surface area contributed by atoms with Gasteiger partial charge in [-0.3, -0.25) is 4.79 Å². The molecule has 0 amide bonds. The van der Waals surface area contributed by atoms with Crippen LogP contribution in [0.15, 0.2) is 24.3 Å². The maximum absolute atomic E-state index is 11.5. The third-order valence-electron chi connectivity index (χ3n) is 3.11. The minimum absolute atomic E-state index is 0.0158. The summed E-state index contributed by atoms with van der Waals surface area (Å²) in [5, 5.41) is 9.64. The minimum Gasteiger partial charge on any atom is -0.385 e. The number of rotatable bonds is 0. The zero-order valence-corrected chi connectivity index (χ0v) is 10.6. The van der Waals surface area contributed by atoms with Gasteiger partial charge in [0.15, 0.2) is 5.78 Å². The summed E-state index contributed by atoms with van der Waals surface area (Å²) in [4.78, 5) is 11.5. The maximum atomic E-state index is 11.5. The summed E-state index contributed by atoms with van der Waals surface area (Å²) >= 11 is 0. The van der Waals surface area contributed by atoms with E-state index in [1.54, 1.807) is 0 Å². The number of hydrogen-bond donors (Lipinski definition) is 1. The second-order valence-corrected chi connectivity index (χ2v) is 4.68. The van der Waals surface area contributed by atoms with Gasteiger partial charge in [0.1, 0.15) is 6.10 Å². The fourth-order valence-electron chi connectivity index (χ4n) is 1.98. The molecule has 0 bridgehead atoms. The predicted molar refractivity (Wildman–Crippen MR) is 70.8 cm³/mol. The Labute approximate surface area is 104 Å². The SMILES string of the molecule is O=C1CC/C=C/CCCCC/C=C/CCC1O. The highest BCUT2D eigenvalue weighted by Gasteiger charge is 2.12. The monoisotopic (exact) mass is 236 g/mol. The Balaban J connectivity index is 2.39. The second kappa shape index (κ2) is 9.17. The Kier molecular flexibility index (Phi) is 7.65. The highest BCUT2D eigenvalue weighted by atomic mass is 16.3. The number of hydrogen-bond acceptors (Lipinski definition) is 2. The average molecular weight is 236 g/mol. The molecule has 17 heavy (non-hydrogen) atoms. The van der Waals surface area contributed by atoms with Gasteiger partial charge in [-0.2, -0.15) is 0 Å². The third kappa shape index (κ3) is 7.11. The van der Waals surface area contributed by atoms with Crippen LogP contribution in [0.1, 0.15) is 57.8 Å². The van der Waals surface area contributed by atoms with Gasteiger partial charge < -0.3 is 5.11 Å². The number of allylic oxidation sites excluding steroid dienone is 4. The zero-order valence-electron chi connectivity index (χ0n) is 10.6. The number of aliphatic hydroxyl groups is 1. The Morgan fingerprint density at radius 2 is 1.47 bits per heavy atom. The van der Waals surface area contributed by atoms with E-state index in [4.69, 9.17) is 0 Å². The van der Waals surface area contributed by atoms with Crippen LogP contribution in [-0.2, 0) is 4.79 Å². The van der Waals surface area contributed by atoms with Crippen LogP contribution in [0, 0.1) is 0 Å². The van der Waals surface area contributed by atoms with E-state index >= 15 is 0 Å². The van der Waals surface area contributed by atoms with E-state index in [2.05, 4.69) is 24.3 Å². The molecule has 0 saturated carbocycles. The summed E-state index contributed by atoms with van der Waals surface area (Å²) in [5.74, 6) is -0.0158. The van der Waals surface area contributed by atoms with Crippen molar-refractivity contribution in [2.24, 2.45) is 0 Å². The number of ketones is 1. The fraction of sp³-hybridized carbons (Fsp3) is 0.667. The largest absolute Gasteiger partial charge is 0.385 e. The molecule has 0 spiro atoms. The number of carbonyl (C=O) groups excluding carboxylic acids is 1. The number of carbonyl (C=O) groups is 1. The van der Waals surface area contributed by atoms with Crippen LogP contribution in [0.25, 0.3) is 0 Å². The summed E-state index contributed by atoms with van der Waals surface area (Å²) in [6.45, 7) is 0. The van der Waals surface area contributed by atoms with Gasteiger partial charge in [0.25, 0.3) is 0 Å². The average Bonchev–Trinajstić information content (AvgIpc) is 2.34. The molecule has 1 aliphatic carbocycles. The van der Waals surface area contributed by atoms with Crippen LogP contribution in [0.4, 0.5) is 0 Å². The summed E-state index contributed by atoms with van der Waals surface area (Å²) in [7, 11) is 0. The van der Waals surface area contributed by atoms with E-state index < -0.39 is 6.10 Å². The van der Waals surface area contributed by atoms with Crippen molar-refractivity contribution >= 4 is 5.78 Å².